The second-order valence-electron chi connectivity index (χ2n) is 6.07. The Morgan fingerprint density at radius 2 is 1.93 bits per heavy atom. The largest absolute Gasteiger partial charge is 0.463 e. The van der Waals surface area contributed by atoms with E-state index in [1.807, 2.05) is 11.9 Å². The molecule has 1 aliphatic heterocycles. The van der Waals surface area contributed by atoms with Crippen molar-refractivity contribution in [3.05, 3.63) is 30.1 Å². The second-order valence-corrected chi connectivity index (χ2v) is 6.07. The molecule has 0 aromatic carbocycles. The van der Waals surface area contributed by atoms with Crippen molar-refractivity contribution < 1.29 is 27.5 Å². The minimum Gasteiger partial charge on any atom is -0.463 e. The van der Waals surface area contributed by atoms with Crippen molar-refractivity contribution >= 4 is 11.9 Å². The number of alkyl halides is 3. The summed E-state index contributed by atoms with van der Waals surface area (Å²) in [6, 6.07) is 2.70. The summed E-state index contributed by atoms with van der Waals surface area (Å²) in [6.45, 7) is 2.58. The third-order valence-electron chi connectivity index (χ3n) is 4.06. The summed E-state index contributed by atoms with van der Waals surface area (Å²) < 4.78 is 46.7. The number of likely N-dealkylation sites (N-methyl/N-ethyl adjacent to an activating group) is 1. The minimum absolute atomic E-state index is 0.115. The molecule has 1 saturated heterocycles. The number of nitrogens with zero attached hydrogens (tertiary/aromatic N) is 3. The molecule has 0 unspecified atom stereocenters. The number of amides is 1. The van der Waals surface area contributed by atoms with Gasteiger partial charge in [0.1, 0.15) is 0 Å². The number of hydrogen-bond donors (Lipinski definition) is 2. The number of piperazine rings is 1. The number of carbonyl (C=O) groups excluding carboxylic acids is 2. The maximum atomic E-state index is 14.0. The summed E-state index contributed by atoms with van der Waals surface area (Å²) in [7, 11) is 1.84. The van der Waals surface area contributed by atoms with Crippen molar-refractivity contribution in [2.75, 3.05) is 39.8 Å². The lowest BCUT2D eigenvalue weighted by Gasteiger charge is -2.41. The normalized spacial score (nSPS) is 18.6. The zero-order valence-electron chi connectivity index (χ0n) is 15.0. The number of aromatic nitrogens is 1. The van der Waals surface area contributed by atoms with Crippen LogP contribution < -0.4 is 10.7 Å². The van der Waals surface area contributed by atoms with Gasteiger partial charge in [-0.05, 0) is 26.1 Å². The van der Waals surface area contributed by atoms with Gasteiger partial charge < -0.3 is 15.0 Å². The van der Waals surface area contributed by atoms with Crippen molar-refractivity contribution in [1.29, 1.82) is 0 Å². The highest BCUT2D eigenvalue weighted by atomic mass is 19.4. The van der Waals surface area contributed by atoms with Gasteiger partial charge in [-0.2, -0.15) is 13.2 Å². The van der Waals surface area contributed by atoms with Crippen LogP contribution in [-0.2, 0) is 9.53 Å². The van der Waals surface area contributed by atoms with E-state index in [0.29, 0.717) is 13.1 Å². The molecule has 27 heavy (non-hydrogen) atoms. The smallest absolute Gasteiger partial charge is 0.437 e. The summed E-state index contributed by atoms with van der Waals surface area (Å²) in [4.78, 5) is 30.4. The molecule has 0 spiro atoms. The third kappa shape index (κ3) is 4.93. The van der Waals surface area contributed by atoms with Crippen LogP contribution in [0.5, 0.6) is 0 Å². The predicted octanol–water partition coefficient (Wildman–Crippen LogP) is 0.385. The van der Waals surface area contributed by atoms with Crippen LogP contribution in [0.25, 0.3) is 0 Å². The Bertz CT molecular complexity index is 650. The molecule has 0 aliphatic carbocycles. The van der Waals surface area contributed by atoms with Gasteiger partial charge in [0, 0.05) is 38.6 Å². The van der Waals surface area contributed by atoms with Gasteiger partial charge in [0.25, 0.3) is 5.91 Å². The molecule has 1 fully saturated rings. The molecule has 1 aliphatic rings. The zero-order chi connectivity index (χ0) is 20.1. The van der Waals surface area contributed by atoms with E-state index in [2.05, 4.69) is 15.1 Å². The quantitative estimate of drug-likeness (QED) is 0.538. The van der Waals surface area contributed by atoms with Gasteiger partial charge in [0.15, 0.2) is 0 Å². The SMILES string of the molecule is CCOC(=O)[C@@](NC(=O)c1cccnc1)(NN1CCN(C)CC1)C(F)(F)F. The Morgan fingerprint density at radius 3 is 2.44 bits per heavy atom. The van der Waals surface area contributed by atoms with Gasteiger partial charge in [-0.1, -0.05) is 0 Å². The summed E-state index contributed by atoms with van der Waals surface area (Å²) in [5.74, 6) is -2.73. The number of rotatable bonds is 6. The molecule has 8 nitrogen and oxygen atoms in total. The Hall–Kier alpha value is -2.24. The number of ether oxygens (including phenoxy) is 1. The number of carbonyl (C=O) groups is 2. The van der Waals surface area contributed by atoms with Gasteiger partial charge in [-0.15, -0.1) is 0 Å². The molecule has 0 radical (unpaired) electrons. The Kier molecular flexibility index (Phi) is 6.73. The first-order valence-electron chi connectivity index (χ1n) is 8.37. The molecule has 1 aromatic rings. The van der Waals surface area contributed by atoms with Crippen molar-refractivity contribution in [2.45, 2.75) is 18.8 Å². The molecule has 150 valence electrons. The average Bonchev–Trinajstić information content (AvgIpc) is 2.62. The fraction of sp³-hybridized carbons (Fsp3) is 0.562. The molecule has 0 bridgehead atoms. The first-order chi connectivity index (χ1) is 12.7. The fourth-order valence-corrected chi connectivity index (χ4v) is 2.51. The van der Waals surface area contributed by atoms with E-state index in [-0.39, 0.29) is 25.3 Å². The number of pyridine rings is 1. The molecular formula is C16H22F3N5O3. The highest BCUT2D eigenvalue weighted by molar-refractivity contribution is 5.98. The summed E-state index contributed by atoms with van der Waals surface area (Å²) >= 11 is 0. The molecule has 2 rings (SSSR count). The first-order valence-corrected chi connectivity index (χ1v) is 8.37. The van der Waals surface area contributed by atoms with Crippen LogP contribution in [0, 0.1) is 0 Å². The van der Waals surface area contributed by atoms with Crippen LogP contribution >= 0.6 is 0 Å². The van der Waals surface area contributed by atoms with E-state index < -0.39 is 23.7 Å². The molecule has 1 atom stereocenters. The standard InChI is InChI=1S/C16H22F3N5O3/c1-3-27-14(26)15(16(17,18)19,22-24-9-7-23(2)8-10-24)21-13(25)12-5-4-6-20-11-12/h4-6,11,22H,3,7-10H2,1-2H3,(H,21,25)/t15-/m1/s1. The third-order valence-corrected chi connectivity index (χ3v) is 4.06. The van der Waals surface area contributed by atoms with Crippen LogP contribution in [0.2, 0.25) is 0 Å². The summed E-state index contributed by atoms with van der Waals surface area (Å²) in [6.07, 6.45) is -2.67. The topological polar surface area (TPSA) is 86.8 Å². The molecular weight excluding hydrogens is 367 g/mol. The minimum atomic E-state index is -5.15. The van der Waals surface area contributed by atoms with Crippen LogP contribution in [0.4, 0.5) is 13.2 Å². The lowest BCUT2D eigenvalue weighted by atomic mass is 10.1. The highest BCUT2D eigenvalue weighted by Crippen LogP contribution is 2.30. The Balaban J connectivity index is 2.35. The van der Waals surface area contributed by atoms with Gasteiger partial charge in [-0.25, -0.2) is 15.2 Å². The number of esters is 1. The number of hydrazine groups is 1. The van der Waals surface area contributed by atoms with Crippen LogP contribution in [0.15, 0.2) is 24.5 Å². The Morgan fingerprint density at radius 1 is 1.26 bits per heavy atom. The van der Waals surface area contributed by atoms with E-state index in [4.69, 9.17) is 0 Å². The summed E-state index contributed by atoms with van der Waals surface area (Å²) in [5, 5.41) is 3.04. The van der Waals surface area contributed by atoms with E-state index in [1.165, 1.54) is 30.3 Å². The van der Waals surface area contributed by atoms with E-state index in [0.717, 1.165) is 6.20 Å². The molecule has 2 N–H and O–H groups in total. The van der Waals surface area contributed by atoms with E-state index >= 15 is 0 Å². The Labute approximate surface area is 154 Å². The lowest BCUT2D eigenvalue weighted by Crippen LogP contribution is -2.76. The number of halogens is 3. The van der Waals surface area contributed by atoms with Crippen molar-refractivity contribution in [2.24, 2.45) is 0 Å². The fourth-order valence-electron chi connectivity index (χ4n) is 2.51. The van der Waals surface area contributed by atoms with Gasteiger partial charge >= 0.3 is 17.8 Å². The predicted molar refractivity (Wildman–Crippen MR) is 89.3 cm³/mol. The van der Waals surface area contributed by atoms with Crippen molar-refractivity contribution in [1.82, 2.24) is 25.6 Å². The van der Waals surface area contributed by atoms with E-state index in [9.17, 15) is 22.8 Å². The maximum Gasteiger partial charge on any atom is 0.437 e. The van der Waals surface area contributed by atoms with Gasteiger partial charge in [0.2, 0.25) is 0 Å². The average molecular weight is 389 g/mol. The second kappa shape index (κ2) is 8.63. The monoisotopic (exact) mass is 389 g/mol. The zero-order valence-corrected chi connectivity index (χ0v) is 15.0. The van der Waals surface area contributed by atoms with Crippen LogP contribution in [0.1, 0.15) is 17.3 Å². The number of hydrogen-bond acceptors (Lipinski definition) is 7. The van der Waals surface area contributed by atoms with Crippen molar-refractivity contribution in [3.8, 4) is 0 Å². The molecule has 1 amide bonds. The van der Waals surface area contributed by atoms with Gasteiger partial charge in [0.05, 0.1) is 12.2 Å². The molecule has 11 heteroatoms. The summed E-state index contributed by atoms with van der Waals surface area (Å²) in [5.41, 5.74) is -1.36. The van der Waals surface area contributed by atoms with Crippen LogP contribution in [0.3, 0.4) is 0 Å². The molecule has 0 saturated carbocycles. The first kappa shape index (κ1) is 21.1. The maximum absolute atomic E-state index is 14.0. The van der Waals surface area contributed by atoms with Gasteiger partial charge in [-0.3, -0.25) is 9.78 Å². The van der Waals surface area contributed by atoms with Crippen molar-refractivity contribution in [3.63, 3.8) is 0 Å². The van der Waals surface area contributed by atoms with E-state index in [1.54, 1.807) is 5.32 Å². The number of nitrogens with one attached hydrogen (secondary N) is 2. The molecule has 2 heterocycles. The van der Waals surface area contributed by atoms with Crippen LogP contribution in [-0.4, -0.2) is 78.4 Å². The highest BCUT2D eigenvalue weighted by Gasteiger charge is 2.64. The molecule has 1 aromatic heterocycles. The lowest BCUT2D eigenvalue weighted by molar-refractivity contribution is -0.231.